The number of H-pyrrole nitrogens is 1. The number of pyridine rings is 2. The average molecular weight is 602 g/mol. The Morgan fingerprint density at radius 3 is 2.54 bits per heavy atom. The summed E-state index contributed by atoms with van der Waals surface area (Å²) >= 11 is 6.86. The summed E-state index contributed by atoms with van der Waals surface area (Å²) in [6.45, 7) is -0.255. The van der Waals surface area contributed by atoms with Crippen molar-refractivity contribution in [2.24, 2.45) is 0 Å². The summed E-state index contributed by atoms with van der Waals surface area (Å²) in [5.41, 5.74) is 1.79. The highest BCUT2D eigenvalue weighted by Gasteiger charge is 2.49. The lowest BCUT2D eigenvalue weighted by atomic mass is 9.85. The Kier molecular flexibility index (Phi) is 7.62. The first kappa shape index (κ1) is 28.7. The van der Waals surface area contributed by atoms with Gasteiger partial charge in [-0.2, -0.15) is 8.78 Å². The van der Waals surface area contributed by atoms with Crippen molar-refractivity contribution in [3.8, 4) is 11.1 Å². The van der Waals surface area contributed by atoms with Crippen LogP contribution in [0.15, 0.2) is 94.4 Å². The molecule has 5 rings (SSSR count). The molecular formula is C29H26ClF2N3O5S. The number of fused-ring (bicyclic) bond motifs is 1. The Hall–Kier alpha value is -3.80. The third kappa shape index (κ3) is 4.98. The van der Waals surface area contributed by atoms with Crippen LogP contribution in [0.5, 0.6) is 0 Å². The van der Waals surface area contributed by atoms with Gasteiger partial charge >= 0.3 is 6.61 Å². The molecule has 3 heterocycles. The van der Waals surface area contributed by atoms with Crippen LogP contribution in [-0.4, -0.2) is 45.3 Å². The van der Waals surface area contributed by atoms with Crippen LogP contribution in [0.2, 0.25) is 0 Å². The Morgan fingerprint density at radius 1 is 1.12 bits per heavy atom. The number of allylic oxidation sites excluding steroid dienone is 3. The van der Waals surface area contributed by atoms with Crippen molar-refractivity contribution < 1.29 is 21.9 Å². The summed E-state index contributed by atoms with van der Waals surface area (Å²) in [6.07, 6.45) is 7.59. The van der Waals surface area contributed by atoms with Gasteiger partial charge < -0.3 is 14.3 Å². The minimum atomic E-state index is -4.25. The van der Waals surface area contributed by atoms with Crippen molar-refractivity contribution in [3.05, 3.63) is 111 Å². The third-order valence-corrected chi connectivity index (χ3v) is 10.6. The van der Waals surface area contributed by atoms with Gasteiger partial charge in [-0.15, -0.1) is 11.6 Å². The van der Waals surface area contributed by atoms with Crippen LogP contribution < -0.4 is 11.1 Å². The first-order valence-electron chi connectivity index (χ1n) is 12.6. The van der Waals surface area contributed by atoms with Gasteiger partial charge in [0.2, 0.25) is 10.0 Å². The fourth-order valence-electron chi connectivity index (χ4n) is 5.02. The Balaban J connectivity index is 1.61. The maximum atomic E-state index is 14.1. The molecule has 0 saturated heterocycles. The minimum Gasteiger partial charge on any atom is -0.327 e. The summed E-state index contributed by atoms with van der Waals surface area (Å²) in [5, 5.41) is -0.619. The van der Waals surface area contributed by atoms with Gasteiger partial charge in [-0.3, -0.25) is 9.59 Å². The molecule has 1 N–H and O–H groups in total. The summed E-state index contributed by atoms with van der Waals surface area (Å²) < 4.78 is 58.1. The van der Waals surface area contributed by atoms with Crippen molar-refractivity contribution in [1.29, 1.82) is 0 Å². The van der Waals surface area contributed by atoms with Gasteiger partial charge in [0.25, 0.3) is 11.1 Å². The molecule has 1 aliphatic rings. The van der Waals surface area contributed by atoms with Crippen molar-refractivity contribution in [2.45, 2.75) is 37.1 Å². The Bertz CT molecular complexity index is 1910. The van der Waals surface area contributed by atoms with E-state index in [0.29, 0.717) is 27.7 Å². The zero-order valence-corrected chi connectivity index (χ0v) is 23.6. The molecule has 2 unspecified atom stereocenters. The zero-order valence-electron chi connectivity index (χ0n) is 22.1. The Morgan fingerprint density at radius 2 is 1.85 bits per heavy atom. The van der Waals surface area contributed by atoms with Gasteiger partial charge in [0.1, 0.15) is 10.3 Å². The van der Waals surface area contributed by atoms with E-state index in [2.05, 4.69) is 9.72 Å². The molecule has 41 heavy (non-hydrogen) atoms. The number of hydrogen-bond donors (Lipinski definition) is 1. The predicted octanol–water partition coefficient (Wildman–Crippen LogP) is 4.99. The SMILES string of the molecule is CC1=CC(c2cc(=O)n(CCOC(F)F)cc2-c2ccccc2)=CC(Cl)C1(C)S(=O)(=O)n1ccc2cc[nH]c(=O)c21. The minimum absolute atomic E-state index is 0.00837. The van der Waals surface area contributed by atoms with Gasteiger partial charge in [0, 0.05) is 42.2 Å². The lowest BCUT2D eigenvalue weighted by molar-refractivity contribution is -0.130. The normalized spacial score (nSPS) is 19.4. The topological polar surface area (TPSA) is 103 Å². The number of ether oxygens (including phenoxy) is 1. The molecule has 214 valence electrons. The molecule has 1 aromatic carbocycles. The monoisotopic (exact) mass is 601 g/mol. The molecular weight excluding hydrogens is 576 g/mol. The number of benzene rings is 1. The first-order chi connectivity index (χ1) is 19.4. The van der Waals surface area contributed by atoms with Gasteiger partial charge in [-0.25, -0.2) is 12.4 Å². The van der Waals surface area contributed by atoms with Gasteiger partial charge in [0.05, 0.1) is 12.0 Å². The van der Waals surface area contributed by atoms with E-state index in [4.69, 9.17) is 11.6 Å². The number of alkyl halides is 3. The number of nitrogens with one attached hydrogen (secondary N) is 1. The molecule has 0 radical (unpaired) electrons. The molecule has 12 heteroatoms. The number of hydrogen-bond acceptors (Lipinski definition) is 5. The van der Waals surface area contributed by atoms with E-state index >= 15 is 0 Å². The van der Waals surface area contributed by atoms with Crippen LogP contribution in [-0.2, 0) is 21.3 Å². The molecule has 0 saturated carbocycles. The van der Waals surface area contributed by atoms with E-state index in [-0.39, 0.29) is 18.7 Å². The van der Waals surface area contributed by atoms with E-state index < -0.39 is 37.9 Å². The molecule has 0 amide bonds. The van der Waals surface area contributed by atoms with Crippen LogP contribution in [0, 0.1) is 0 Å². The summed E-state index contributed by atoms with van der Waals surface area (Å²) in [5.74, 6) is 0. The molecule has 8 nitrogen and oxygen atoms in total. The van der Waals surface area contributed by atoms with Crippen molar-refractivity contribution >= 4 is 38.1 Å². The quantitative estimate of drug-likeness (QED) is 0.287. The highest BCUT2D eigenvalue weighted by atomic mass is 35.5. The summed E-state index contributed by atoms with van der Waals surface area (Å²) in [6, 6.07) is 13.7. The van der Waals surface area contributed by atoms with E-state index in [1.807, 2.05) is 30.3 Å². The van der Waals surface area contributed by atoms with Crippen LogP contribution >= 0.6 is 11.6 Å². The van der Waals surface area contributed by atoms with E-state index in [0.717, 1.165) is 9.54 Å². The zero-order chi connectivity index (χ0) is 29.5. The van der Waals surface area contributed by atoms with Crippen molar-refractivity contribution in [2.75, 3.05) is 6.61 Å². The summed E-state index contributed by atoms with van der Waals surface area (Å²) in [7, 11) is -4.25. The number of aromatic nitrogens is 3. The van der Waals surface area contributed by atoms with Crippen LogP contribution in [0.1, 0.15) is 19.4 Å². The molecule has 3 aromatic heterocycles. The average Bonchev–Trinajstić information content (AvgIpc) is 3.39. The molecule has 0 spiro atoms. The lowest BCUT2D eigenvalue weighted by Gasteiger charge is -2.37. The fraction of sp³-hybridized carbons (Fsp3) is 0.241. The second-order valence-corrected chi connectivity index (χ2v) is 12.5. The molecule has 4 aromatic rings. The number of nitrogens with zero attached hydrogens (tertiary/aromatic N) is 2. The van der Waals surface area contributed by atoms with E-state index in [9.17, 15) is 26.8 Å². The Labute approximate surface area is 239 Å². The van der Waals surface area contributed by atoms with E-state index in [1.54, 1.807) is 37.4 Å². The maximum Gasteiger partial charge on any atom is 0.345 e. The second-order valence-electron chi connectivity index (χ2n) is 9.82. The number of rotatable bonds is 8. The summed E-state index contributed by atoms with van der Waals surface area (Å²) in [4.78, 5) is 28.1. The van der Waals surface area contributed by atoms with Crippen molar-refractivity contribution in [3.63, 3.8) is 0 Å². The molecule has 0 aliphatic heterocycles. The largest absolute Gasteiger partial charge is 0.345 e. The highest BCUT2D eigenvalue weighted by Crippen LogP contribution is 2.43. The predicted molar refractivity (Wildman–Crippen MR) is 155 cm³/mol. The third-order valence-electron chi connectivity index (χ3n) is 7.48. The fourth-order valence-corrected chi connectivity index (χ4v) is 7.54. The highest BCUT2D eigenvalue weighted by molar-refractivity contribution is 7.91. The second kappa shape index (κ2) is 10.9. The van der Waals surface area contributed by atoms with Gasteiger partial charge in [0.15, 0.2) is 0 Å². The van der Waals surface area contributed by atoms with Gasteiger partial charge in [-0.1, -0.05) is 42.5 Å². The van der Waals surface area contributed by atoms with Gasteiger partial charge in [-0.05, 0) is 48.3 Å². The van der Waals surface area contributed by atoms with Crippen LogP contribution in [0.4, 0.5) is 8.78 Å². The lowest BCUT2D eigenvalue weighted by Crippen LogP contribution is -2.48. The van der Waals surface area contributed by atoms with Crippen LogP contribution in [0.3, 0.4) is 0 Å². The van der Waals surface area contributed by atoms with E-state index in [1.165, 1.54) is 30.0 Å². The molecule has 2 atom stereocenters. The number of halogens is 3. The number of aromatic amines is 1. The van der Waals surface area contributed by atoms with Crippen LogP contribution in [0.25, 0.3) is 27.6 Å². The standard InChI is InChI=1S/C29H26ClF2N3O5S/c1-18-14-21(15-24(30)29(18,2)41(38,39)35-11-9-20-8-10-33-27(37)26(20)35)22-16-25(36)34(12-13-40-28(31)32)17-23(22)19-6-4-3-5-7-19/h3-11,14-17,24,28H,12-13H2,1-2H3,(H,33,37). The van der Waals surface area contributed by atoms with Crippen molar-refractivity contribution in [1.82, 2.24) is 13.5 Å². The first-order valence-corrected chi connectivity index (χ1v) is 14.5. The molecule has 1 aliphatic carbocycles. The maximum absolute atomic E-state index is 14.1. The molecule has 0 bridgehead atoms. The molecule has 0 fully saturated rings. The smallest absolute Gasteiger partial charge is 0.327 e.